The van der Waals surface area contributed by atoms with Gasteiger partial charge in [-0.3, -0.25) is 0 Å². The molecule has 0 aliphatic rings. The van der Waals surface area contributed by atoms with Crippen molar-refractivity contribution in [1.29, 1.82) is 0 Å². The molecule has 0 saturated carbocycles. The van der Waals surface area contributed by atoms with Crippen LogP contribution in [-0.2, 0) is 4.74 Å². The van der Waals surface area contributed by atoms with Crippen molar-refractivity contribution < 1.29 is 4.74 Å². The average Bonchev–Trinajstić information content (AvgIpc) is 1.63. The molecule has 0 heterocycles. The van der Waals surface area contributed by atoms with Crippen LogP contribution in [0.25, 0.3) is 0 Å². The SMILES string of the molecule is C[Si](C)(C)COCCBr. The van der Waals surface area contributed by atoms with Crippen molar-refractivity contribution in [3.05, 3.63) is 0 Å². The van der Waals surface area contributed by atoms with Gasteiger partial charge in [0.15, 0.2) is 0 Å². The van der Waals surface area contributed by atoms with Gasteiger partial charge in [0, 0.05) is 11.6 Å². The Kier molecular flexibility index (Phi) is 4.80. The first-order valence-corrected chi connectivity index (χ1v) is 8.03. The van der Waals surface area contributed by atoms with Gasteiger partial charge in [-0.1, -0.05) is 35.6 Å². The Morgan fingerprint density at radius 1 is 1.33 bits per heavy atom. The van der Waals surface area contributed by atoms with Crippen LogP contribution < -0.4 is 0 Å². The van der Waals surface area contributed by atoms with Crippen LogP contribution in [0.2, 0.25) is 19.6 Å². The molecular weight excluding hydrogens is 196 g/mol. The van der Waals surface area contributed by atoms with Crippen molar-refractivity contribution in [2.75, 3.05) is 18.2 Å². The lowest BCUT2D eigenvalue weighted by Crippen LogP contribution is -2.28. The fourth-order valence-electron chi connectivity index (χ4n) is 0.433. The number of rotatable bonds is 4. The summed E-state index contributed by atoms with van der Waals surface area (Å²) in [7, 11) is -0.938. The van der Waals surface area contributed by atoms with Gasteiger partial charge in [0.25, 0.3) is 0 Å². The number of hydrogen-bond acceptors (Lipinski definition) is 1. The van der Waals surface area contributed by atoms with E-state index < -0.39 is 8.07 Å². The summed E-state index contributed by atoms with van der Waals surface area (Å²) in [5, 5.41) is 0.956. The fourth-order valence-corrected chi connectivity index (χ4v) is 1.42. The molecule has 0 radical (unpaired) electrons. The van der Waals surface area contributed by atoms with Crippen LogP contribution in [0.1, 0.15) is 0 Å². The van der Waals surface area contributed by atoms with Gasteiger partial charge in [0.05, 0.1) is 14.7 Å². The van der Waals surface area contributed by atoms with Gasteiger partial charge in [-0.2, -0.15) is 0 Å². The first-order valence-electron chi connectivity index (χ1n) is 3.20. The largest absolute Gasteiger partial charge is 0.384 e. The molecule has 0 rings (SSSR count). The fraction of sp³-hybridized carbons (Fsp3) is 1.00. The molecule has 0 bridgehead atoms. The van der Waals surface area contributed by atoms with E-state index in [0.29, 0.717) is 0 Å². The summed E-state index contributed by atoms with van der Waals surface area (Å²) in [4.78, 5) is 0. The molecule has 0 aliphatic heterocycles. The van der Waals surface area contributed by atoms with E-state index in [1.807, 2.05) is 0 Å². The van der Waals surface area contributed by atoms with Crippen LogP contribution in [0.15, 0.2) is 0 Å². The monoisotopic (exact) mass is 210 g/mol. The first-order chi connectivity index (χ1) is 4.06. The molecule has 0 aromatic carbocycles. The Morgan fingerprint density at radius 3 is 2.22 bits per heavy atom. The molecule has 1 nitrogen and oxygen atoms in total. The minimum absolute atomic E-state index is 0.851. The van der Waals surface area contributed by atoms with Gasteiger partial charge in [-0.05, 0) is 0 Å². The topological polar surface area (TPSA) is 9.23 Å². The normalized spacial score (nSPS) is 12.0. The van der Waals surface area contributed by atoms with Gasteiger partial charge in [-0.15, -0.1) is 0 Å². The lowest BCUT2D eigenvalue weighted by Gasteiger charge is -2.14. The van der Waals surface area contributed by atoms with E-state index in [1.165, 1.54) is 0 Å². The van der Waals surface area contributed by atoms with Gasteiger partial charge >= 0.3 is 0 Å². The van der Waals surface area contributed by atoms with Crippen molar-refractivity contribution in [3.8, 4) is 0 Å². The molecule has 0 aromatic rings. The van der Waals surface area contributed by atoms with E-state index in [-0.39, 0.29) is 0 Å². The Morgan fingerprint density at radius 2 is 1.89 bits per heavy atom. The van der Waals surface area contributed by atoms with Crippen LogP contribution >= 0.6 is 15.9 Å². The second-order valence-electron chi connectivity index (χ2n) is 3.30. The van der Waals surface area contributed by atoms with E-state index in [9.17, 15) is 0 Å². The molecule has 0 spiro atoms. The van der Waals surface area contributed by atoms with Crippen molar-refractivity contribution in [2.24, 2.45) is 0 Å². The summed E-state index contributed by atoms with van der Waals surface area (Å²) in [5.41, 5.74) is 0. The van der Waals surface area contributed by atoms with Crippen LogP contribution in [0.3, 0.4) is 0 Å². The average molecular weight is 211 g/mol. The molecule has 9 heavy (non-hydrogen) atoms. The van der Waals surface area contributed by atoms with Gasteiger partial charge in [0.2, 0.25) is 0 Å². The first kappa shape index (κ1) is 9.66. The maximum atomic E-state index is 5.36. The van der Waals surface area contributed by atoms with E-state index in [0.717, 1.165) is 18.2 Å². The third kappa shape index (κ3) is 8.66. The zero-order valence-corrected chi connectivity index (χ0v) is 8.99. The highest BCUT2D eigenvalue weighted by Crippen LogP contribution is 2.00. The van der Waals surface area contributed by atoms with E-state index in [2.05, 4.69) is 35.6 Å². The molecular formula is C6H15BrOSi. The minimum atomic E-state index is -0.938. The molecule has 3 heteroatoms. The van der Waals surface area contributed by atoms with E-state index in [4.69, 9.17) is 4.74 Å². The summed E-state index contributed by atoms with van der Waals surface area (Å²) < 4.78 is 5.36. The molecule has 0 unspecified atom stereocenters. The van der Waals surface area contributed by atoms with Crippen molar-refractivity contribution >= 4 is 24.0 Å². The second kappa shape index (κ2) is 4.47. The molecule has 0 N–H and O–H groups in total. The zero-order valence-electron chi connectivity index (χ0n) is 6.41. The Balaban J connectivity index is 3.07. The minimum Gasteiger partial charge on any atom is -0.384 e. The summed E-state index contributed by atoms with van der Waals surface area (Å²) in [6.45, 7) is 7.77. The smallest absolute Gasteiger partial charge is 0.0746 e. The van der Waals surface area contributed by atoms with Crippen molar-refractivity contribution in [1.82, 2.24) is 0 Å². The number of hydrogen-bond donors (Lipinski definition) is 0. The summed E-state index contributed by atoms with van der Waals surface area (Å²) in [6.07, 6.45) is 0.985. The van der Waals surface area contributed by atoms with Gasteiger partial charge in [-0.25, -0.2) is 0 Å². The summed E-state index contributed by atoms with van der Waals surface area (Å²) >= 11 is 3.31. The zero-order chi connectivity index (χ0) is 7.33. The number of alkyl halides is 1. The van der Waals surface area contributed by atoms with Crippen LogP contribution in [0.5, 0.6) is 0 Å². The summed E-state index contributed by atoms with van der Waals surface area (Å²) in [6, 6.07) is 0. The summed E-state index contributed by atoms with van der Waals surface area (Å²) in [5.74, 6) is 0. The Labute approximate surface area is 66.9 Å². The highest BCUT2D eigenvalue weighted by Gasteiger charge is 2.11. The Bertz CT molecular complexity index is 69.9. The number of ether oxygens (including phenoxy) is 1. The highest BCUT2D eigenvalue weighted by molar-refractivity contribution is 9.09. The predicted octanol–water partition coefficient (Wildman–Crippen LogP) is 2.28. The Hall–Kier alpha value is 0.657. The quantitative estimate of drug-likeness (QED) is 0.394. The number of halogens is 1. The van der Waals surface area contributed by atoms with Crippen LogP contribution in [0.4, 0.5) is 0 Å². The highest BCUT2D eigenvalue weighted by atomic mass is 79.9. The molecule has 0 saturated heterocycles. The maximum absolute atomic E-state index is 5.36. The molecule has 0 aliphatic carbocycles. The molecule has 0 atom stereocenters. The van der Waals surface area contributed by atoms with Gasteiger partial charge in [0.1, 0.15) is 0 Å². The lowest BCUT2D eigenvalue weighted by atomic mass is 10.9. The molecule has 56 valence electrons. The standard InChI is InChI=1S/C6H15BrOSi/c1-9(2,3)6-8-5-4-7/h4-6H2,1-3H3. The molecule has 0 fully saturated rings. The van der Waals surface area contributed by atoms with E-state index >= 15 is 0 Å². The third-order valence-electron chi connectivity index (χ3n) is 0.757. The molecule has 0 aromatic heterocycles. The van der Waals surface area contributed by atoms with Crippen molar-refractivity contribution in [3.63, 3.8) is 0 Å². The predicted molar refractivity (Wildman–Crippen MR) is 48.0 cm³/mol. The lowest BCUT2D eigenvalue weighted by molar-refractivity contribution is 0.192. The van der Waals surface area contributed by atoms with Crippen molar-refractivity contribution in [2.45, 2.75) is 19.6 Å². The van der Waals surface area contributed by atoms with Crippen LogP contribution in [-0.4, -0.2) is 26.2 Å². The van der Waals surface area contributed by atoms with Gasteiger partial charge < -0.3 is 4.74 Å². The second-order valence-corrected chi connectivity index (χ2v) is 9.51. The van der Waals surface area contributed by atoms with E-state index in [1.54, 1.807) is 0 Å². The molecule has 0 amide bonds. The third-order valence-corrected chi connectivity index (χ3v) is 2.15. The van der Waals surface area contributed by atoms with Crippen LogP contribution in [0, 0.1) is 0 Å². The maximum Gasteiger partial charge on any atom is 0.0746 e.